The number of nitrogens with one attached hydrogen (secondary N) is 2. The third-order valence-corrected chi connectivity index (χ3v) is 3.85. The molecule has 0 aliphatic rings. The van der Waals surface area contributed by atoms with Crippen LogP contribution in [0.2, 0.25) is 0 Å². The number of carbonyl (C=O) groups excluding carboxylic acids is 2. The third kappa shape index (κ3) is 3.57. The average Bonchev–Trinajstić information content (AvgIpc) is 2.90. The average molecular weight is 305 g/mol. The number of hydrazine groups is 1. The van der Waals surface area contributed by atoms with Gasteiger partial charge in [0, 0.05) is 40.8 Å². The lowest BCUT2D eigenvalue weighted by Gasteiger charge is -2.08. The molecule has 0 radical (unpaired) electrons. The summed E-state index contributed by atoms with van der Waals surface area (Å²) in [5, 5.41) is 0. The van der Waals surface area contributed by atoms with Gasteiger partial charge in [-0.1, -0.05) is 0 Å². The molecule has 0 aliphatic carbocycles. The summed E-state index contributed by atoms with van der Waals surface area (Å²) in [7, 11) is 0.648. The Balaban J connectivity index is 1.97. The molecular formula is C14H15N3O3S. The highest BCUT2D eigenvalue weighted by molar-refractivity contribution is 7.84. The lowest BCUT2D eigenvalue weighted by molar-refractivity contribution is 0.0842. The normalized spacial score (nSPS) is 11.7. The van der Waals surface area contributed by atoms with Gasteiger partial charge in [0.2, 0.25) is 0 Å². The second-order valence-corrected chi connectivity index (χ2v) is 5.77. The second kappa shape index (κ2) is 6.36. The van der Waals surface area contributed by atoms with Gasteiger partial charge >= 0.3 is 0 Å². The highest BCUT2D eigenvalue weighted by atomic mass is 32.2. The molecule has 6 nitrogen and oxygen atoms in total. The maximum atomic E-state index is 11.9. The topological polar surface area (TPSA) is 80.2 Å². The number of carbonyl (C=O) groups is 2. The minimum atomic E-state index is -1.09. The van der Waals surface area contributed by atoms with Crippen LogP contribution in [0.15, 0.2) is 47.5 Å². The number of amides is 2. The van der Waals surface area contributed by atoms with Crippen LogP contribution in [0, 0.1) is 0 Å². The Labute approximate surface area is 124 Å². The van der Waals surface area contributed by atoms with Crippen LogP contribution in [0.3, 0.4) is 0 Å². The van der Waals surface area contributed by atoms with Gasteiger partial charge in [0.1, 0.15) is 5.69 Å². The van der Waals surface area contributed by atoms with Gasteiger partial charge in [-0.05, 0) is 36.4 Å². The summed E-state index contributed by atoms with van der Waals surface area (Å²) in [5.41, 5.74) is 5.49. The zero-order valence-electron chi connectivity index (χ0n) is 11.6. The fraction of sp³-hybridized carbons (Fsp3) is 0.143. The molecule has 0 saturated carbocycles. The number of hydrogen-bond donors (Lipinski definition) is 2. The SMILES string of the molecule is Cn1cccc1C(=O)NNC(=O)c1ccc(S(C)=O)cc1. The first kappa shape index (κ1) is 15.0. The van der Waals surface area contributed by atoms with Crippen molar-refractivity contribution < 1.29 is 13.8 Å². The van der Waals surface area contributed by atoms with Crippen LogP contribution in [0.1, 0.15) is 20.8 Å². The summed E-state index contributed by atoms with van der Waals surface area (Å²) in [6.45, 7) is 0. The predicted octanol–water partition coefficient (Wildman–Crippen LogP) is 0.837. The number of rotatable bonds is 3. The fourth-order valence-electron chi connectivity index (χ4n) is 1.74. The molecule has 0 bridgehead atoms. The summed E-state index contributed by atoms with van der Waals surface area (Å²) in [5.74, 6) is -0.840. The van der Waals surface area contributed by atoms with Gasteiger partial charge in [-0.25, -0.2) is 0 Å². The van der Waals surface area contributed by atoms with E-state index in [1.54, 1.807) is 60.5 Å². The fourth-order valence-corrected chi connectivity index (χ4v) is 2.26. The van der Waals surface area contributed by atoms with Crippen molar-refractivity contribution in [1.29, 1.82) is 0 Å². The molecule has 0 saturated heterocycles. The molecule has 21 heavy (non-hydrogen) atoms. The van der Waals surface area contributed by atoms with E-state index in [1.807, 2.05) is 0 Å². The van der Waals surface area contributed by atoms with Crippen LogP contribution in [0.4, 0.5) is 0 Å². The van der Waals surface area contributed by atoms with Crippen LogP contribution < -0.4 is 10.9 Å². The second-order valence-electron chi connectivity index (χ2n) is 4.39. The molecule has 1 aromatic heterocycles. The first-order chi connectivity index (χ1) is 9.99. The van der Waals surface area contributed by atoms with Gasteiger partial charge in [-0.2, -0.15) is 0 Å². The van der Waals surface area contributed by atoms with Crippen molar-refractivity contribution in [3.63, 3.8) is 0 Å². The Bertz CT molecular complexity index is 692. The summed E-state index contributed by atoms with van der Waals surface area (Å²) in [4.78, 5) is 24.3. The van der Waals surface area contributed by atoms with Gasteiger partial charge in [-0.3, -0.25) is 24.6 Å². The number of aryl methyl sites for hydroxylation is 1. The van der Waals surface area contributed by atoms with E-state index in [1.165, 1.54) is 0 Å². The molecular weight excluding hydrogens is 290 g/mol. The quantitative estimate of drug-likeness (QED) is 0.825. The lowest BCUT2D eigenvalue weighted by atomic mass is 10.2. The molecule has 7 heteroatoms. The molecule has 0 spiro atoms. The Morgan fingerprint density at radius 3 is 2.19 bits per heavy atom. The number of hydrogen-bond acceptors (Lipinski definition) is 3. The smallest absolute Gasteiger partial charge is 0.286 e. The molecule has 1 atom stereocenters. The maximum Gasteiger partial charge on any atom is 0.286 e. The van der Waals surface area contributed by atoms with E-state index >= 15 is 0 Å². The maximum absolute atomic E-state index is 11.9. The molecule has 2 rings (SSSR count). The van der Waals surface area contributed by atoms with E-state index in [4.69, 9.17) is 0 Å². The van der Waals surface area contributed by atoms with Crippen LogP contribution in [0.25, 0.3) is 0 Å². The van der Waals surface area contributed by atoms with Crippen LogP contribution in [-0.4, -0.2) is 26.8 Å². The first-order valence-electron chi connectivity index (χ1n) is 6.14. The van der Waals surface area contributed by atoms with Gasteiger partial charge in [-0.15, -0.1) is 0 Å². The van der Waals surface area contributed by atoms with E-state index < -0.39 is 22.6 Å². The summed E-state index contributed by atoms with van der Waals surface area (Å²) >= 11 is 0. The predicted molar refractivity (Wildman–Crippen MR) is 79.1 cm³/mol. The van der Waals surface area contributed by atoms with Crippen molar-refractivity contribution in [2.75, 3.05) is 6.26 Å². The van der Waals surface area contributed by atoms with E-state index in [2.05, 4.69) is 10.9 Å². The summed E-state index contributed by atoms with van der Waals surface area (Å²) in [6, 6.07) is 9.72. The van der Waals surface area contributed by atoms with Crippen LogP contribution in [-0.2, 0) is 17.8 Å². The van der Waals surface area contributed by atoms with Crippen molar-refractivity contribution in [3.05, 3.63) is 53.9 Å². The monoisotopic (exact) mass is 305 g/mol. The van der Waals surface area contributed by atoms with E-state index in [-0.39, 0.29) is 0 Å². The Morgan fingerprint density at radius 2 is 1.67 bits per heavy atom. The largest absolute Gasteiger partial charge is 0.347 e. The lowest BCUT2D eigenvalue weighted by Crippen LogP contribution is -2.42. The van der Waals surface area contributed by atoms with Crippen LogP contribution in [0.5, 0.6) is 0 Å². The molecule has 2 amide bonds. The third-order valence-electron chi connectivity index (χ3n) is 2.91. The molecule has 2 aromatic rings. The molecule has 1 heterocycles. The molecule has 1 unspecified atom stereocenters. The number of nitrogens with zero attached hydrogens (tertiary/aromatic N) is 1. The Kier molecular flexibility index (Phi) is 4.54. The Hall–Kier alpha value is -2.41. The standard InChI is InChI=1S/C14H15N3O3S/c1-17-9-3-4-12(17)14(19)16-15-13(18)10-5-7-11(8-6-10)21(2)20/h3-9H,1-2H3,(H,15,18)(H,16,19). The Morgan fingerprint density at radius 1 is 1.05 bits per heavy atom. The molecule has 0 aliphatic heterocycles. The van der Waals surface area contributed by atoms with Crippen molar-refractivity contribution in [2.24, 2.45) is 7.05 Å². The van der Waals surface area contributed by atoms with Gasteiger partial charge in [0.25, 0.3) is 11.8 Å². The summed E-state index contributed by atoms with van der Waals surface area (Å²) in [6.07, 6.45) is 3.30. The summed E-state index contributed by atoms with van der Waals surface area (Å²) < 4.78 is 12.9. The molecule has 2 N–H and O–H groups in total. The first-order valence-corrected chi connectivity index (χ1v) is 7.70. The molecule has 1 aromatic carbocycles. The minimum Gasteiger partial charge on any atom is -0.347 e. The zero-order chi connectivity index (χ0) is 15.4. The molecule has 0 fully saturated rings. The molecule has 110 valence electrons. The van der Waals surface area contributed by atoms with E-state index in [0.717, 1.165) is 0 Å². The van der Waals surface area contributed by atoms with Crippen LogP contribution >= 0.6 is 0 Å². The van der Waals surface area contributed by atoms with Crippen molar-refractivity contribution in [1.82, 2.24) is 15.4 Å². The van der Waals surface area contributed by atoms with E-state index in [0.29, 0.717) is 16.2 Å². The highest BCUT2D eigenvalue weighted by Gasteiger charge is 2.11. The van der Waals surface area contributed by atoms with Gasteiger partial charge < -0.3 is 4.57 Å². The zero-order valence-corrected chi connectivity index (χ0v) is 12.4. The number of aromatic nitrogens is 1. The van der Waals surface area contributed by atoms with Gasteiger partial charge in [0.05, 0.1) is 0 Å². The van der Waals surface area contributed by atoms with Crippen molar-refractivity contribution in [2.45, 2.75) is 4.90 Å². The minimum absolute atomic E-state index is 0.372. The van der Waals surface area contributed by atoms with E-state index in [9.17, 15) is 13.8 Å². The number of benzene rings is 1. The van der Waals surface area contributed by atoms with Gasteiger partial charge in [0.15, 0.2) is 0 Å². The van der Waals surface area contributed by atoms with Crippen molar-refractivity contribution in [3.8, 4) is 0 Å². The highest BCUT2D eigenvalue weighted by Crippen LogP contribution is 2.07. The van der Waals surface area contributed by atoms with Crippen molar-refractivity contribution >= 4 is 22.6 Å².